The van der Waals surface area contributed by atoms with Crippen molar-refractivity contribution in [2.45, 2.75) is 32.9 Å². The first-order chi connectivity index (χ1) is 8.87. The average Bonchev–Trinajstić information content (AvgIpc) is 2.33. The molecule has 0 aliphatic rings. The number of nitriles is 1. The maximum Gasteiger partial charge on any atom is 0.181 e. The van der Waals surface area contributed by atoms with Gasteiger partial charge in [0.15, 0.2) is 18.1 Å². The highest BCUT2D eigenvalue weighted by atomic mass is 35.5. The SMILES string of the molecule is COc1cc(CNC(C)(C)C)cc(Cl)c1OCC#N. The smallest absolute Gasteiger partial charge is 0.181 e. The summed E-state index contributed by atoms with van der Waals surface area (Å²) in [5, 5.41) is 12.4. The van der Waals surface area contributed by atoms with Gasteiger partial charge in [-0.25, -0.2) is 0 Å². The molecule has 19 heavy (non-hydrogen) atoms. The summed E-state index contributed by atoms with van der Waals surface area (Å²) in [6, 6.07) is 5.58. The van der Waals surface area contributed by atoms with Crippen LogP contribution >= 0.6 is 11.6 Å². The van der Waals surface area contributed by atoms with Crippen LogP contribution in [0, 0.1) is 11.3 Å². The monoisotopic (exact) mass is 282 g/mol. The van der Waals surface area contributed by atoms with E-state index in [0.717, 1.165) is 5.56 Å². The Balaban J connectivity index is 2.93. The second kappa shape index (κ2) is 6.65. The fourth-order valence-corrected chi connectivity index (χ4v) is 1.77. The van der Waals surface area contributed by atoms with E-state index in [1.807, 2.05) is 18.2 Å². The summed E-state index contributed by atoms with van der Waals surface area (Å²) in [6.45, 7) is 6.90. The third kappa shape index (κ3) is 4.98. The molecular formula is C14H19ClN2O2. The van der Waals surface area contributed by atoms with Gasteiger partial charge >= 0.3 is 0 Å². The van der Waals surface area contributed by atoms with Crippen LogP contribution in [0.2, 0.25) is 5.02 Å². The standard InChI is InChI=1S/C14H19ClN2O2/c1-14(2,3)17-9-10-7-11(15)13(19-6-5-16)12(8-10)18-4/h7-8,17H,6,9H2,1-4H3. The lowest BCUT2D eigenvalue weighted by atomic mass is 10.1. The van der Waals surface area contributed by atoms with Crippen LogP contribution in [0.4, 0.5) is 0 Å². The minimum atomic E-state index is -0.0599. The third-order valence-corrected chi connectivity index (χ3v) is 2.67. The van der Waals surface area contributed by atoms with Gasteiger partial charge in [-0.1, -0.05) is 11.6 Å². The molecule has 1 rings (SSSR count). The summed E-state index contributed by atoms with van der Waals surface area (Å²) >= 11 is 6.16. The zero-order chi connectivity index (χ0) is 14.5. The Labute approximate surface area is 119 Å². The number of ether oxygens (including phenoxy) is 2. The van der Waals surface area contributed by atoms with Gasteiger partial charge in [0, 0.05) is 12.1 Å². The van der Waals surface area contributed by atoms with Crippen molar-refractivity contribution in [2.75, 3.05) is 13.7 Å². The molecule has 0 bridgehead atoms. The molecule has 0 saturated heterocycles. The van der Waals surface area contributed by atoms with Gasteiger partial charge in [0.25, 0.3) is 0 Å². The molecule has 0 spiro atoms. The molecule has 0 aliphatic carbocycles. The van der Waals surface area contributed by atoms with Crippen LogP contribution in [0.25, 0.3) is 0 Å². The second-order valence-electron chi connectivity index (χ2n) is 5.16. The minimum Gasteiger partial charge on any atom is -0.493 e. The molecule has 104 valence electrons. The predicted molar refractivity (Wildman–Crippen MR) is 75.7 cm³/mol. The van der Waals surface area contributed by atoms with E-state index in [1.165, 1.54) is 0 Å². The van der Waals surface area contributed by atoms with Crippen LogP contribution in [0.1, 0.15) is 26.3 Å². The summed E-state index contributed by atoms with van der Waals surface area (Å²) in [7, 11) is 1.55. The molecule has 0 atom stereocenters. The van der Waals surface area contributed by atoms with E-state index in [0.29, 0.717) is 23.1 Å². The molecule has 4 nitrogen and oxygen atoms in total. The molecule has 1 aromatic rings. The Hall–Kier alpha value is -1.44. The van der Waals surface area contributed by atoms with Gasteiger partial charge in [0.2, 0.25) is 0 Å². The fourth-order valence-electron chi connectivity index (χ4n) is 1.49. The van der Waals surface area contributed by atoms with Crippen molar-refractivity contribution in [3.8, 4) is 17.6 Å². The number of halogens is 1. The molecule has 0 aliphatic heterocycles. The lowest BCUT2D eigenvalue weighted by Crippen LogP contribution is -2.35. The Kier molecular flexibility index (Phi) is 5.46. The highest BCUT2D eigenvalue weighted by Gasteiger charge is 2.14. The number of hydrogen-bond acceptors (Lipinski definition) is 4. The third-order valence-electron chi connectivity index (χ3n) is 2.39. The minimum absolute atomic E-state index is 0.0235. The van der Waals surface area contributed by atoms with Gasteiger partial charge < -0.3 is 14.8 Å². The molecular weight excluding hydrogens is 264 g/mol. The number of benzene rings is 1. The summed E-state index contributed by atoms with van der Waals surface area (Å²) in [5.74, 6) is 0.943. The van der Waals surface area contributed by atoms with Crippen LogP contribution in [0.3, 0.4) is 0 Å². The molecule has 1 aromatic carbocycles. The largest absolute Gasteiger partial charge is 0.493 e. The fraction of sp³-hybridized carbons (Fsp3) is 0.500. The molecule has 0 radical (unpaired) electrons. The summed E-state index contributed by atoms with van der Waals surface area (Å²) in [4.78, 5) is 0. The topological polar surface area (TPSA) is 54.3 Å². The lowest BCUT2D eigenvalue weighted by molar-refractivity contribution is 0.329. The van der Waals surface area contributed by atoms with Gasteiger partial charge in [-0.15, -0.1) is 0 Å². The summed E-state index contributed by atoms with van der Waals surface area (Å²) < 4.78 is 10.5. The normalized spacial score (nSPS) is 10.9. The van der Waals surface area contributed by atoms with Crippen molar-refractivity contribution in [1.29, 1.82) is 5.26 Å². The van der Waals surface area contributed by atoms with Crippen molar-refractivity contribution >= 4 is 11.6 Å². The molecule has 0 unspecified atom stereocenters. The summed E-state index contributed by atoms with van der Waals surface area (Å²) in [6.07, 6.45) is 0. The quantitative estimate of drug-likeness (QED) is 0.901. The Morgan fingerprint density at radius 3 is 2.58 bits per heavy atom. The first-order valence-electron chi connectivity index (χ1n) is 5.98. The van der Waals surface area contributed by atoms with E-state index in [2.05, 4.69) is 26.1 Å². The lowest BCUT2D eigenvalue weighted by Gasteiger charge is -2.21. The van der Waals surface area contributed by atoms with Crippen LogP contribution in [-0.4, -0.2) is 19.3 Å². The van der Waals surface area contributed by atoms with Gasteiger partial charge in [0.1, 0.15) is 6.07 Å². The predicted octanol–water partition coefficient (Wildman–Crippen LogP) is 3.14. The highest BCUT2D eigenvalue weighted by molar-refractivity contribution is 6.32. The van der Waals surface area contributed by atoms with E-state index in [1.54, 1.807) is 7.11 Å². The molecule has 0 saturated carbocycles. The number of nitrogens with one attached hydrogen (secondary N) is 1. The number of nitrogens with zero attached hydrogens (tertiary/aromatic N) is 1. The Bertz CT molecular complexity index is 476. The molecule has 0 amide bonds. The maximum atomic E-state index is 8.54. The van der Waals surface area contributed by atoms with Crippen molar-refractivity contribution in [1.82, 2.24) is 5.32 Å². The van der Waals surface area contributed by atoms with Crippen molar-refractivity contribution in [3.05, 3.63) is 22.7 Å². The first kappa shape index (κ1) is 15.6. The second-order valence-corrected chi connectivity index (χ2v) is 5.57. The van der Waals surface area contributed by atoms with Gasteiger partial charge in [-0.3, -0.25) is 0 Å². The number of rotatable bonds is 5. The van der Waals surface area contributed by atoms with E-state index in [-0.39, 0.29) is 12.1 Å². The highest BCUT2D eigenvalue weighted by Crippen LogP contribution is 2.36. The average molecular weight is 283 g/mol. The number of hydrogen-bond donors (Lipinski definition) is 1. The zero-order valence-electron chi connectivity index (χ0n) is 11.7. The number of methoxy groups -OCH3 is 1. The van der Waals surface area contributed by atoms with Gasteiger partial charge in [-0.2, -0.15) is 5.26 Å². The van der Waals surface area contributed by atoms with Crippen LogP contribution < -0.4 is 14.8 Å². The van der Waals surface area contributed by atoms with Gasteiger partial charge in [0.05, 0.1) is 12.1 Å². The van der Waals surface area contributed by atoms with E-state index in [4.69, 9.17) is 26.3 Å². The molecule has 5 heteroatoms. The zero-order valence-corrected chi connectivity index (χ0v) is 12.5. The van der Waals surface area contributed by atoms with Crippen molar-refractivity contribution in [3.63, 3.8) is 0 Å². The molecule has 0 heterocycles. The molecule has 1 N–H and O–H groups in total. The summed E-state index contributed by atoms with van der Waals surface area (Å²) in [5.41, 5.74) is 1.02. The Morgan fingerprint density at radius 1 is 1.37 bits per heavy atom. The van der Waals surface area contributed by atoms with Crippen LogP contribution in [0.15, 0.2) is 12.1 Å². The maximum absolute atomic E-state index is 8.54. The van der Waals surface area contributed by atoms with E-state index in [9.17, 15) is 0 Å². The first-order valence-corrected chi connectivity index (χ1v) is 6.36. The van der Waals surface area contributed by atoms with Crippen LogP contribution in [0.5, 0.6) is 11.5 Å². The molecule has 0 aromatic heterocycles. The van der Waals surface area contributed by atoms with Crippen molar-refractivity contribution < 1.29 is 9.47 Å². The van der Waals surface area contributed by atoms with E-state index < -0.39 is 0 Å². The van der Waals surface area contributed by atoms with Crippen molar-refractivity contribution in [2.24, 2.45) is 0 Å². The Morgan fingerprint density at radius 2 is 2.05 bits per heavy atom. The van der Waals surface area contributed by atoms with Crippen LogP contribution in [-0.2, 0) is 6.54 Å². The molecule has 0 fully saturated rings. The van der Waals surface area contributed by atoms with Gasteiger partial charge in [-0.05, 0) is 38.5 Å². The van der Waals surface area contributed by atoms with E-state index >= 15 is 0 Å².